The van der Waals surface area contributed by atoms with Crippen molar-refractivity contribution in [2.75, 3.05) is 0 Å². The Kier molecular flexibility index (Phi) is 5.53. The number of aromatic nitrogens is 3. The molecule has 158 valence electrons. The van der Waals surface area contributed by atoms with Crippen molar-refractivity contribution in [1.82, 2.24) is 19.9 Å². The fraction of sp³-hybridized carbons (Fsp3) is 0.136. The molecule has 2 aromatic heterocycles. The largest absolute Gasteiger partial charge is 0.433 e. The summed E-state index contributed by atoms with van der Waals surface area (Å²) in [4.78, 5) is 16.9. The van der Waals surface area contributed by atoms with Gasteiger partial charge in [-0.1, -0.05) is 58.4 Å². The molecule has 0 saturated carbocycles. The van der Waals surface area contributed by atoms with E-state index in [-0.39, 0.29) is 23.1 Å². The molecule has 0 fully saturated rings. The van der Waals surface area contributed by atoms with Crippen LogP contribution in [-0.2, 0) is 6.18 Å². The molecule has 1 amide bonds. The lowest BCUT2D eigenvalue weighted by Gasteiger charge is -2.13. The minimum absolute atomic E-state index is 0.0646. The topological polar surface area (TPSA) is 59.3 Å². The second-order valence-corrected chi connectivity index (χ2v) is 7.85. The summed E-state index contributed by atoms with van der Waals surface area (Å²) in [7, 11) is 0. The van der Waals surface area contributed by atoms with Crippen LogP contribution in [0.1, 0.15) is 34.7 Å². The van der Waals surface area contributed by atoms with Crippen molar-refractivity contribution in [2.24, 2.45) is 0 Å². The number of fused-ring (bicyclic) bond motifs is 1. The van der Waals surface area contributed by atoms with Gasteiger partial charge in [0.15, 0.2) is 17.0 Å². The molecule has 0 saturated heterocycles. The number of hydrogen-bond acceptors (Lipinski definition) is 3. The van der Waals surface area contributed by atoms with E-state index in [1.165, 1.54) is 6.07 Å². The van der Waals surface area contributed by atoms with Gasteiger partial charge in [-0.05, 0) is 30.7 Å². The van der Waals surface area contributed by atoms with Gasteiger partial charge in [0.1, 0.15) is 0 Å². The Labute approximate surface area is 184 Å². The van der Waals surface area contributed by atoms with Crippen LogP contribution in [-0.4, -0.2) is 20.5 Å². The van der Waals surface area contributed by atoms with Gasteiger partial charge >= 0.3 is 6.18 Å². The maximum absolute atomic E-state index is 13.7. The van der Waals surface area contributed by atoms with Crippen molar-refractivity contribution in [2.45, 2.75) is 19.1 Å². The van der Waals surface area contributed by atoms with Gasteiger partial charge in [-0.3, -0.25) is 4.79 Å². The Morgan fingerprint density at radius 3 is 2.39 bits per heavy atom. The summed E-state index contributed by atoms with van der Waals surface area (Å²) >= 11 is 3.30. The summed E-state index contributed by atoms with van der Waals surface area (Å²) in [5.74, 6) is -0.583. The third-order valence-corrected chi connectivity index (χ3v) is 5.27. The molecule has 0 radical (unpaired) electrons. The molecule has 0 aliphatic heterocycles. The van der Waals surface area contributed by atoms with Crippen LogP contribution in [0.5, 0.6) is 0 Å². The Balaban J connectivity index is 1.73. The number of hydrogen-bond donors (Lipinski definition) is 1. The zero-order valence-electron chi connectivity index (χ0n) is 16.2. The van der Waals surface area contributed by atoms with Crippen LogP contribution < -0.4 is 5.32 Å². The summed E-state index contributed by atoms with van der Waals surface area (Å²) in [5, 5.41) is 6.64. The lowest BCUT2D eigenvalue weighted by Crippen LogP contribution is -2.27. The SMILES string of the molecule is C[C@H](NC(=O)c1cc2nc(-c3ccc(Br)cc3)cc(C(F)(F)F)n2n1)c1ccccc1. The molecule has 2 heterocycles. The Morgan fingerprint density at radius 1 is 1.06 bits per heavy atom. The monoisotopic (exact) mass is 488 g/mol. The lowest BCUT2D eigenvalue weighted by atomic mass is 10.1. The van der Waals surface area contributed by atoms with E-state index >= 15 is 0 Å². The summed E-state index contributed by atoms with van der Waals surface area (Å²) < 4.78 is 42.6. The third-order valence-electron chi connectivity index (χ3n) is 4.74. The molecule has 0 unspecified atom stereocenters. The van der Waals surface area contributed by atoms with Crippen molar-refractivity contribution < 1.29 is 18.0 Å². The van der Waals surface area contributed by atoms with E-state index in [2.05, 4.69) is 31.3 Å². The van der Waals surface area contributed by atoms with Crippen molar-refractivity contribution in [3.05, 3.63) is 88.2 Å². The third kappa shape index (κ3) is 4.46. The number of carbonyl (C=O) groups is 1. The van der Waals surface area contributed by atoms with Crippen LogP contribution in [0.25, 0.3) is 16.9 Å². The molecule has 1 atom stereocenters. The molecular weight excluding hydrogens is 473 g/mol. The zero-order chi connectivity index (χ0) is 22.2. The van der Waals surface area contributed by atoms with E-state index in [9.17, 15) is 18.0 Å². The van der Waals surface area contributed by atoms with E-state index in [0.29, 0.717) is 10.1 Å². The zero-order valence-corrected chi connectivity index (χ0v) is 17.8. The molecule has 0 aliphatic carbocycles. The summed E-state index contributed by atoms with van der Waals surface area (Å²) in [5.41, 5.74) is 0.300. The minimum atomic E-state index is -4.68. The Morgan fingerprint density at radius 2 is 1.74 bits per heavy atom. The fourth-order valence-corrected chi connectivity index (χ4v) is 3.42. The average molecular weight is 489 g/mol. The number of carbonyl (C=O) groups excluding carboxylic acids is 1. The minimum Gasteiger partial charge on any atom is -0.344 e. The van der Waals surface area contributed by atoms with Gasteiger partial charge in [-0.25, -0.2) is 9.50 Å². The number of halogens is 4. The molecule has 4 rings (SSSR count). The van der Waals surface area contributed by atoms with E-state index in [1.807, 2.05) is 30.3 Å². The van der Waals surface area contributed by atoms with Gasteiger partial charge in [0, 0.05) is 16.1 Å². The van der Waals surface area contributed by atoms with Gasteiger partial charge in [0.25, 0.3) is 5.91 Å². The maximum atomic E-state index is 13.7. The summed E-state index contributed by atoms with van der Waals surface area (Å²) in [6.45, 7) is 1.79. The van der Waals surface area contributed by atoms with Crippen molar-refractivity contribution in [1.29, 1.82) is 0 Å². The van der Waals surface area contributed by atoms with E-state index in [4.69, 9.17) is 0 Å². The first-order valence-corrected chi connectivity index (χ1v) is 10.1. The quantitative estimate of drug-likeness (QED) is 0.402. The van der Waals surface area contributed by atoms with E-state index < -0.39 is 17.8 Å². The predicted molar refractivity (Wildman–Crippen MR) is 113 cm³/mol. The highest BCUT2D eigenvalue weighted by atomic mass is 79.9. The van der Waals surface area contributed by atoms with Crippen molar-refractivity contribution >= 4 is 27.5 Å². The first-order valence-electron chi connectivity index (χ1n) is 9.32. The summed E-state index contributed by atoms with van der Waals surface area (Å²) in [6.07, 6.45) is -4.68. The first kappa shape index (κ1) is 21.0. The van der Waals surface area contributed by atoms with Crippen LogP contribution in [0.2, 0.25) is 0 Å². The average Bonchev–Trinajstić information content (AvgIpc) is 3.17. The molecule has 5 nitrogen and oxygen atoms in total. The van der Waals surface area contributed by atoms with Crippen LogP contribution in [0, 0.1) is 0 Å². The molecule has 31 heavy (non-hydrogen) atoms. The Bertz CT molecular complexity index is 1240. The number of amides is 1. The molecule has 4 aromatic rings. The number of alkyl halides is 3. The molecule has 0 spiro atoms. The molecule has 0 aliphatic rings. The number of nitrogens with zero attached hydrogens (tertiary/aromatic N) is 3. The van der Waals surface area contributed by atoms with Crippen LogP contribution in [0.4, 0.5) is 13.2 Å². The van der Waals surface area contributed by atoms with Gasteiger partial charge in [-0.15, -0.1) is 0 Å². The van der Waals surface area contributed by atoms with Gasteiger partial charge in [0.2, 0.25) is 0 Å². The van der Waals surface area contributed by atoms with Crippen molar-refractivity contribution in [3.8, 4) is 11.3 Å². The first-order chi connectivity index (χ1) is 14.7. The number of benzene rings is 2. The normalized spacial score (nSPS) is 12.7. The highest BCUT2D eigenvalue weighted by molar-refractivity contribution is 9.10. The predicted octanol–water partition coefficient (Wildman–Crippen LogP) is 5.67. The standard InChI is InChI=1S/C22H16BrF3N4O/c1-13(14-5-3-2-4-6-14)27-21(31)18-12-20-28-17(15-7-9-16(23)10-8-15)11-19(22(24,25)26)30(20)29-18/h2-13H,1H3,(H,27,31)/t13-/m0/s1. The molecule has 0 bridgehead atoms. The fourth-order valence-electron chi connectivity index (χ4n) is 3.15. The summed E-state index contributed by atoms with van der Waals surface area (Å²) in [6, 6.07) is 17.8. The van der Waals surface area contributed by atoms with Crippen LogP contribution in [0.3, 0.4) is 0 Å². The smallest absolute Gasteiger partial charge is 0.344 e. The van der Waals surface area contributed by atoms with E-state index in [1.54, 1.807) is 31.2 Å². The Hall–Kier alpha value is -3.20. The van der Waals surface area contributed by atoms with E-state index in [0.717, 1.165) is 16.1 Å². The second-order valence-electron chi connectivity index (χ2n) is 6.94. The maximum Gasteiger partial charge on any atom is 0.433 e. The highest BCUT2D eigenvalue weighted by Crippen LogP contribution is 2.32. The number of nitrogens with one attached hydrogen (secondary N) is 1. The molecule has 9 heteroatoms. The van der Waals surface area contributed by atoms with Crippen LogP contribution >= 0.6 is 15.9 Å². The second kappa shape index (κ2) is 8.14. The molecule has 2 aromatic carbocycles. The van der Waals surface area contributed by atoms with Crippen molar-refractivity contribution in [3.63, 3.8) is 0 Å². The lowest BCUT2D eigenvalue weighted by molar-refractivity contribution is -0.142. The molecular formula is C22H16BrF3N4O. The van der Waals surface area contributed by atoms with Crippen LogP contribution in [0.15, 0.2) is 71.2 Å². The number of rotatable bonds is 4. The highest BCUT2D eigenvalue weighted by Gasteiger charge is 2.35. The molecule has 1 N–H and O–H groups in total. The van der Waals surface area contributed by atoms with Gasteiger partial charge in [-0.2, -0.15) is 18.3 Å². The van der Waals surface area contributed by atoms with Gasteiger partial charge < -0.3 is 5.32 Å². The van der Waals surface area contributed by atoms with Gasteiger partial charge in [0.05, 0.1) is 11.7 Å².